The lowest BCUT2D eigenvalue weighted by Gasteiger charge is -2.34. The fourth-order valence-corrected chi connectivity index (χ4v) is 3.10. The van der Waals surface area contributed by atoms with E-state index < -0.39 is 11.6 Å². The van der Waals surface area contributed by atoms with Crippen molar-refractivity contribution in [3.63, 3.8) is 0 Å². The molecule has 6 nitrogen and oxygen atoms in total. The van der Waals surface area contributed by atoms with E-state index in [1.165, 1.54) is 6.92 Å². The second-order valence-corrected chi connectivity index (χ2v) is 7.05. The summed E-state index contributed by atoms with van der Waals surface area (Å²) < 4.78 is 44.4. The normalized spacial score (nSPS) is 19.6. The Morgan fingerprint density at radius 2 is 2.00 bits per heavy atom. The van der Waals surface area contributed by atoms with Crippen LogP contribution in [-0.2, 0) is 4.79 Å². The Morgan fingerprint density at radius 3 is 2.61 bits per heavy atom. The third-order valence-electron chi connectivity index (χ3n) is 4.64. The minimum Gasteiger partial charge on any atom is -0.493 e. The highest BCUT2D eigenvalue weighted by atomic mass is 19.1. The van der Waals surface area contributed by atoms with Gasteiger partial charge in [-0.1, -0.05) is 12.1 Å². The standard InChI is InChI=1S/C20H24F2N2O4/c1-4-5-26-14-8-16(21)20(17(22)9-14)27-15-6-13(7-15)18-10-19(28-24-18)11(2)23-12(3)25/h8-11,13,15H,4-7H2,1-3H3,(H,23,25)/t11-,13?,15?/m0/s1. The smallest absolute Gasteiger partial charge is 0.217 e. The van der Waals surface area contributed by atoms with Gasteiger partial charge in [0.05, 0.1) is 18.3 Å². The third kappa shape index (κ3) is 4.61. The number of rotatable bonds is 8. The van der Waals surface area contributed by atoms with Crippen molar-refractivity contribution in [3.05, 3.63) is 41.3 Å². The van der Waals surface area contributed by atoms with Crippen molar-refractivity contribution < 1.29 is 27.6 Å². The number of nitrogens with one attached hydrogen (secondary N) is 1. The summed E-state index contributed by atoms with van der Waals surface area (Å²) in [4.78, 5) is 11.1. The molecular formula is C20H24F2N2O4. The van der Waals surface area contributed by atoms with Gasteiger partial charge in [0.15, 0.2) is 23.1 Å². The summed E-state index contributed by atoms with van der Waals surface area (Å²) in [5.41, 5.74) is 0.747. The van der Waals surface area contributed by atoms with Crippen molar-refractivity contribution >= 4 is 5.91 Å². The summed E-state index contributed by atoms with van der Waals surface area (Å²) in [5.74, 6) is -1.28. The quantitative estimate of drug-likeness (QED) is 0.724. The zero-order valence-electron chi connectivity index (χ0n) is 16.1. The van der Waals surface area contributed by atoms with Crippen molar-refractivity contribution in [2.75, 3.05) is 6.61 Å². The molecule has 1 aliphatic rings. The molecular weight excluding hydrogens is 370 g/mol. The van der Waals surface area contributed by atoms with Crippen LogP contribution in [0, 0.1) is 11.6 Å². The summed E-state index contributed by atoms with van der Waals surface area (Å²) >= 11 is 0. The van der Waals surface area contributed by atoms with E-state index in [4.69, 9.17) is 14.0 Å². The van der Waals surface area contributed by atoms with Crippen molar-refractivity contribution in [3.8, 4) is 11.5 Å². The van der Waals surface area contributed by atoms with Crippen LogP contribution in [0.4, 0.5) is 8.78 Å². The van der Waals surface area contributed by atoms with Gasteiger partial charge in [0.25, 0.3) is 0 Å². The van der Waals surface area contributed by atoms with E-state index in [1.54, 1.807) is 13.0 Å². The van der Waals surface area contributed by atoms with E-state index in [0.29, 0.717) is 25.2 Å². The first kappa shape index (κ1) is 20.1. The highest BCUT2D eigenvalue weighted by Gasteiger charge is 2.35. The molecule has 1 aromatic carbocycles. The number of carbonyl (C=O) groups excluding carboxylic acids is 1. The Labute approximate surface area is 162 Å². The van der Waals surface area contributed by atoms with Crippen LogP contribution < -0.4 is 14.8 Å². The van der Waals surface area contributed by atoms with E-state index in [0.717, 1.165) is 24.2 Å². The predicted octanol–water partition coefficient (Wildman–Crippen LogP) is 4.26. The first-order valence-corrected chi connectivity index (χ1v) is 9.39. The molecule has 0 saturated heterocycles. The molecule has 1 amide bonds. The van der Waals surface area contributed by atoms with Gasteiger partial charge in [-0.05, 0) is 26.2 Å². The average molecular weight is 394 g/mol. The lowest BCUT2D eigenvalue weighted by Crippen LogP contribution is -2.33. The van der Waals surface area contributed by atoms with Gasteiger partial charge in [-0.2, -0.15) is 0 Å². The van der Waals surface area contributed by atoms with Gasteiger partial charge in [0.1, 0.15) is 11.9 Å². The zero-order chi connectivity index (χ0) is 20.3. The molecule has 2 aromatic rings. The van der Waals surface area contributed by atoms with Crippen LogP contribution in [0.2, 0.25) is 0 Å². The Balaban J connectivity index is 1.56. The molecule has 1 aliphatic carbocycles. The highest BCUT2D eigenvalue weighted by Crippen LogP contribution is 2.40. The van der Waals surface area contributed by atoms with Gasteiger partial charge in [-0.15, -0.1) is 0 Å². The number of nitrogens with zero attached hydrogens (tertiary/aromatic N) is 1. The molecule has 0 bridgehead atoms. The number of ether oxygens (including phenoxy) is 2. The van der Waals surface area contributed by atoms with E-state index in [2.05, 4.69) is 10.5 Å². The van der Waals surface area contributed by atoms with Gasteiger partial charge >= 0.3 is 0 Å². The maximum absolute atomic E-state index is 14.2. The molecule has 1 atom stereocenters. The average Bonchev–Trinajstić information content (AvgIpc) is 3.06. The minimum absolute atomic E-state index is 0.0883. The number of aromatic nitrogens is 1. The van der Waals surface area contributed by atoms with Crippen LogP contribution in [0.5, 0.6) is 11.5 Å². The first-order valence-electron chi connectivity index (χ1n) is 9.39. The largest absolute Gasteiger partial charge is 0.493 e. The summed E-state index contributed by atoms with van der Waals surface area (Å²) in [7, 11) is 0. The molecule has 0 radical (unpaired) electrons. The van der Waals surface area contributed by atoms with Crippen molar-refractivity contribution in [1.82, 2.24) is 10.5 Å². The van der Waals surface area contributed by atoms with Gasteiger partial charge in [-0.3, -0.25) is 4.79 Å². The van der Waals surface area contributed by atoms with E-state index in [1.807, 2.05) is 6.92 Å². The van der Waals surface area contributed by atoms with Crippen molar-refractivity contribution in [1.29, 1.82) is 0 Å². The number of hydrogen-bond acceptors (Lipinski definition) is 5. The summed E-state index contributed by atoms with van der Waals surface area (Å²) in [6.45, 7) is 5.54. The van der Waals surface area contributed by atoms with Crippen LogP contribution in [0.3, 0.4) is 0 Å². The second kappa shape index (κ2) is 8.58. The Hall–Kier alpha value is -2.64. The highest BCUT2D eigenvalue weighted by molar-refractivity contribution is 5.73. The maximum atomic E-state index is 14.2. The van der Waals surface area contributed by atoms with Gasteiger partial charge in [0.2, 0.25) is 5.91 Å². The van der Waals surface area contributed by atoms with Crippen LogP contribution >= 0.6 is 0 Å². The first-order chi connectivity index (χ1) is 13.4. The van der Waals surface area contributed by atoms with Crippen LogP contribution in [0.1, 0.15) is 63.4 Å². The molecule has 8 heteroatoms. The second-order valence-electron chi connectivity index (χ2n) is 7.05. The monoisotopic (exact) mass is 394 g/mol. The summed E-state index contributed by atoms with van der Waals surface area (Å²) in [5, 5.41) is 6.76. The molecule has 1 heterocycles. The Bertz CT molecular complexity index is 810. The summed E-state index contributed by atoms with van der Waals surface area (Å²) in [6, 6.07) is 3.79. The zero-order valence-corrected chi connectivity index (χ0v) is 16.1. The SMILES string of the molecule is CCCOc1cc(F)c(OC2CC(c3cc([C@H](C)NC(C)=O)on3)C2)c(F)c1. The van der Waals surface area contributed by atoms with E-state index >= 15 is 0 Å². The molecule has 152 valence electrons. The number of hydrogen-bond donors (Lipinski definition) is 1. The molecule has 28 heavy (non-hydrogen) atoms. The van der Waals surface area contributed by atoms with Gasteiger partial charge in [0, 0.05) is 31.0 Å². The van der Waals surface area contributed by atoms with Crippen LogP contribution in [0.25, 0.3) is 0 Å². The number of carbonyl (C=O) groups is 1. The van der Waals surface area contributed by atoms with Crippen molar-refractivity contribution in [2.24, 2.45) is 0 Å². The molecule has 0 unspecified atom stereocenters. The molecule has 0 aliphatic heterocycles. The lowest BCUT2D eigenvalue weighted by molar-refractivity contribution is -0.119. The minimum atomic E-state index is -0.776. The Morgan fingerprint density at radius 1 is 1.32 bits per heavy atom. The fraction of sp³-hybridized carbons (Fsp3) is 0.500. The maximum Gasteiger partial charge on any atom is 0.217 e. The van der Waals surface area contributed by atoms with E-state index in [9.17, 15) is 13.6 Å². The van der Waals surface area contributed by atoms with Crippen molar-refractivity contribution in [2.45, 2.75) is 58.1 Å². The lowest BCUT2D eigenvalue weighted by atomic mass is 9.80. The summed E-state index contributed by atoms with van der Waals surface area (Å²) in [6.07, 6.45) is 1.60. The van der Waals surface area contributed by atoms with E-state index in [-0.39, 0.29) is 35.5 Å². The fourth-order valence-electron chi connectivity index (χ4n) is 3.10. The van der Waals surface area contributed by atoms with Gasteiger partial charge in [-0.25, -0.2) is 8.78 Å². The van der Waals surface area contributed by atoms with Gasteiger partial charge < -0.3 is 19.3 Å². The molecule has 1 N–H and O–H groups in total. The van der Waals surface area contributed by atoms with Crippen LogP contribution in [0.15, 0.2) is 22.7 Å². The Kier molecular flexibility index (Phi) is 6.16. The molecule has 1 aromatic heterocycles. The number of benzene rings is 1. The molecule has 3 rings (SSSR count). The molecule has 0 spiro atoms. The molecule has 1 fully saturated rings. The number of halogens is 2. The molecule has 1 saturated carbocycles. The predicted molar refractivity (Wildman–Crippen MR) is 97.3 cm³/mol. The topological polar surface area (TPSA) is 73.6 Å². The number of amides is 1. The third-order valence-corrected chi connectivity index (χ3v) is 4.64. The van der Waals surface area contributed by atoms with Crippen LogP contribution in [-0.4, -0.2) is 23.8 Å².